The van der Waals surface area contributed by atoms with E-state index in [4.69, 9.17) is 9.47 Å². The number of carbonyl (C=O) groups is 3. The lowest BCUT2D eigenvalue weighted by atomic mass is 9.91. The topological polar surface area (TPSA) is 82.6 Å². The molecular weight excluding hydrogens is 358 g/mol. The van der Waals surface area contributed by atoms with E-state index >= 15 is 0 Å². The molecule has 0 bridgehead atoms. The summed E-state index contributed by atoms with van der Waals surface area (Å²) in [7, 11) is 2.59. The normalized spacial score (nSPS) is 17.8. The van der Waals surface area contributed by atoms with Gasteiger partial charge >= 0.3 is 11.9 Å². The maximum atomic E-state index is 13.1. The Morgan fingerprint density at radius 1 is 1.00 bits per heavy atom. The van der Waals surface area contributed by atoms with Crippen LogP contribution in [0.1, 0.15) is 49.9 Å². The highest BCUT2D eigenvalue weighted by Crippen LogP contribution is 2.43. The number of pyridine rings is 1. The lowest BCUT2D eigenvalue weighted by molar-refractivity contribution is -0.153. The van der Waals surface area contributed by atoms with Gasteiger partial charge < -0.3 is 9.47 Å². The molecule has 2 aromatic rings. The summed E-state index contributed by atoms with van der Waals surface area (Å²) in [5.41, 5.74) is 4.51. The van der Waals surface area contributed by atoms with Crippen LogP contribution in [0.15, 0.2) is 24.3 Å². The maximum Gasteiger partial charge on any atom is 0.314 e. The van der Waals surface area contributed by atoms with E-state index in [1.54, 1.807) is 13.0 Å². The van der Waals surface area contributed by atoms with E-state index in [1.165, 1.54) is 14.2 Å². The molecule has 1 heterocycles. The van der Waals surface area contributed by atoms with Gasteiger partial charge in [-0.25, -0.2) is 4.98 Å². The van der Waals surface area contributed by atoms with Crippen molar-refractivity contribution in [1.29, 1.82) is 0 Å². The van der Waals surface area contributed by atoms with Crippen molar-refractivity contribution in [3.05, 3.63) is 63.5 Å². The van der Waals surface area contributed by atoms with Crippen molar-refractivity contribution in [2.45, 2.75) is 33.1 Å². The first-order chi connectivity index (χ1) is 13.3. The zero-order chi connectivity index (χ0) is 20.6. The van der Waals surface area contributed by atoms with Crippen LogP contribution < -0.4 is 0 Å². The molecule has 0 fully saturated rings. The number of fused-ring (bicyclic) bond motifs is 1. The Bertz CT molecular complexity index is 979. The monoisotopic (exact) mass is 381 g/mol. The van der Waals surface area contributed by atoms with Gasteiger partial charge in [0.25, 0.3) is 0 Å². The number of rotatable bonds is 4. The molecule has 6 nitrogen and oxygen atoms in total. The van der Waals surface area contributed by atoms with Crippen molar-refractivity contribution in [2.75, 3.05) is 14.2 Å². The van der Waals surface area contributed by atoms with Crippen LogP contribution in [0.2, 0.25) is 0 Å². The van der Waals surface area contributed by atoms with E-state index in [9.17, 15) is 14.4 Å². The van der Waals surface area contributed by atoms with Crippen molar-refractivity contribution >= 4 is 17.7 Å². The minimum atomic E-state index is -0.777. The summed E-state index contributed by atoms with van der Waals surface area (Å²) in [4.78, 5) is 42.4. The fraction of sp³-hybridized carbons (Fsp3) is 0.364. The number of hydrogen-bond acceptors (Lipinski definition) is 6. The van der Waals surface area contributed by atoms with Gasteiger partial charge in [0.05, 0.1) is 26.1 Å². The minimum absolute atomic E-state index is 0.169. The number of ketones is 1. The molecule has 2 unspecified atom stereocenters. The zero-order valence-electron chi connectivity index (χ0n) is 16.7. The number of aromatic nitrogens is 1. The van der Waals surface area contributed by atoms with Crippen LogP contribution in [0, 0.1) is 26.7 Å². The first-order valence-corrected chi connectivity index (χ1v) is 9.07. The fourth-order valence-electron chi connectivity index (χ4n) is 4.05. The Hall–Kier alpha value is -3.02. The number of carbonyl (C=O) groups excluding carboxylic acids is 3. The van der Waals surface area contributed by atoms with E-state index in [0.29, 0.717) is 34.5 Å². The average molecular weight is 381 g/mol. The smallest absolute Gasteiger partial charge is 0.314 e. The number of methoxy groups -OCH3 is 2. The molecule has 1 aliphatic carbocycles. The summed E-state index contributed by atoms with van der Waals surface area (Å²) in [5.74, 6) is -2.61. The predicted octanol–water partition coefficient (Wildman–Crippen LogP) is 2.84. The van der Waals surface area contributed by atoms with Crippen LogP contribution in [-0.4, -0.2) is 36.9 Å². The summed E-state index contributed by atoms with van der Waals surface area (Å²) < 4.78 is 9.83. The average Bonchev–Trinajstić information content (AvgIpc) is 3.11. The first-order valence-electron chi connectivity index (χ1n) is 9.07. The molecule has 0 N–H and O–H groups in total. The highest BCUT2D eigenvalue weighted by Gasteiger charge is 2.45. The van der Waals surface area contributed by atoms with E-state index in [-0.39, 0.29) is 5.78 Å². The van der Waals surface area contributed by atoms with Gasteiger partial charge in [-0.15, -0.1) is 0 Å². The second-order valence-electron chi connectivity index (χ2n) is 7.04. The van der Waals surface area contributed by atoms with Crippen LogP contribution >= 0.6 is 0 Å². The molecule has 0 spiro atoms. The Labute approximate surface area is 163 Å². The van der Waals surface area contributed by atoms with Crippen LogP contribution in [0.3, 0.4) is 0 Å². The molecular formula is C22H23NO5. The molecule has 3 rings (SSSR count). The van der Waals surface area contributed by atoms with E-state index < -0.39 is 23.8 Å². The van der Waals surface area contributed by atoms with Gasteiger partial charge in [0, 0.05) is 11.3 Å². The van der Waals surface area contributed by atoms with E-state index in [0.717, 1.165) is 11.1 Å². The molecule has 2 atom stereocenters. The number of nitrogens with zero attached hydrogens (tertiary/aromatic N) is 1. The van der Waals surface area contributed by atoms with Crippen molar-refractivity contribution in [3.63, 3.8) is 0 Å². The minimum Gasteiger partial charge on any atom is -0.469 e. The van der Waals surface area contributed by atoms with Gasteiger partial charge in [0.1, 0.15) is 5.69 Å². The van der Waals surface area contributed by atoms with Crippen LogP contribution in [0.5, 0.6) is 0 Å². The number of esters is 2. The molecule has 0 saturated carbocycles. The van der Waals surface area contributed by atoms with Crippen LogP contribution in [0.4, 0.5) is 0 Å². The second kappa shape index (κ2) is 7.54. The van der Waals surface area contributed by atoms with Gasteiger partial charge in [0.15, 0.2) is 0 Å². The molecule has 6 heteroatoms. The lowest BCUT2D eigenvalue weighted by Gasteiger charge is -2.18. The summed E-state index contributed by atoms with van der Waals surface area (Å²) >= 11 is 0. The van der Waals surface area contributed by atoms with Crippen molar-refractivity contribution in [3.8, 4) is 0 Å². The SMILES string of the molecule is COC(=O)C1Cc2c(C)c(C(=O)c3ccccc3C)nc(C)c2C1C(=O)OC. The molecule has 1 aromatic carbocycles. The third kappa shape index (κ3) is 3.09. The van der Waals surface area contributed by atoms with Crippen molar-refractivity contribution < 1.29 is 23.9 Å². The number of benzene rings is 1. The van der Waals surface area contributed by atoms with Gasteiger partial charge in [-0.1, -0.05) is 24.3 Å². The molecule has 0 saturated heterocycles. The summed E-state index contributed by atoms with van der Waals surface area (Å²) in [6.07, 6.45) is 0.311. The second-order valence-corrected chi connectivity index (χ2v) is 7.04. The Morgan fingerprint density at radius 3 is 2.25 bits per heavy atom. The summed E-state index contributed by atoms with van der Waals surface area (Å²) in [5, 5.41) is 0. The third-order valence-electron chi connectivity index (χ3n) is 5.50. The number of ether oxygens (including phenoxy) is 2. The molecule has 0 radical (unpaired) electrons. The number of hydrogen-bond donors (Lipinski definition) is 0. The number of aryl methyl sites for hydroxylation is 2. The molecule has 146 valence electrons. The predicted molar refractivity (Wildman–Crippen MR) is 102 cm³/mol. The van der Waals surface area contributed by atoms with E-state index in [1.807, 2.05) is 32.0 Å². The Kier molecular flexibility index (Phi) is 5.31. The van der Waals surface area contributed by atoms with Gasteiger partial charge in [0.2, 0.25) is 5.78 Å². The highest BCUT2D eigenvalue weighted by molar-refractivity contribution is 6.10. The Balaban J connectivity index is 2.16. The quantitative estimate of drug-likeness (QED) is 0.598. The van der Waals surface area contributed by atoms with E-state index in [2.05, 4.69) is 4.98 Å². The van der Waals surface area contributed by atoms with Gasteiger partial charge in [-0.3, -0.25) is 14.4 Å². The maximum absolute atomic E-state index is 13.1. The van der Waals surface area contributed by atoms with Crippen LogP contribution in [0.25, 0.3) is 0 Å². The largest absolute Gasteiger partial charge is 0.469 e. The summed E-state index contributed by atoms with van der Waals surface area (Å²) in [6, 6.07) is 7.35. The van der Waals surface area contributed by atoms with Crippen molar-refractivity contribution in [2.24, 2.45) is 5.92 Å². The van der Waals surface area contributed by atoms with Crippen LogP contribution in [-0.2, 0) is 25.5 Å². The molecule has 1 aromatic heterocycles. The summed E-state index contributed by atoms with van der Waals surface area (Å²) in [6.45, 7) is 5.44. The molecule has 0 aliphatic heterocycles. The van der Waals surface area contributed by atoms with Crippen molar-refractivity contribution in [1.82, 2.24) is 4.98 Å². The fourth-order valence-corrected chi connectivity index (χ4v) is 4.05. The standard InChI is InChI=1S/C22H23NO5/c1-11-8-6-7-9-14(11)20(24)19-12(2)15-10-16(21(25)27-4)18(22(26)28-5)17(15)13(3)23-19/h6-9,16,18H,10H2,1-5H3. The molecule has 1 aliphatic rings. The molecule has 28 heavy (non-hydrogen) atoms. The lowest BCUT2D eigenvalue weighted by Crippen LogP contribution is -2.27. The van der Waals surface area contributed by atoms with Gasteiger partial charge in [-0.2, -0.15) is 0 Å². The highest BCUT2D eigenvalue weighted by atomic mass is 16.5. The Morgan fingerprint density at radius 2 is 1.64 bits per heavy atom. The third-order valence-corrected chi connectivity index (χ3v) is 5.50. The van der Waals surface area contributed by atoms with Gasteiger partial charge in [-0.05, 0) is 49.4 Å². The zero-order valence-corrected chi connectivity index (χ0v) is 16.7. The molecule has 0 amide bonds. The first kappa shape index (κ1) is 19.7.